The Bertz CT molecular complexity index is 997. The van der Waals surface area contributed by atoms with Gasteiger partial charge in [0.2, 0.25) is 0 Å². The molecular formula is C21H21ClN2O5. The van der Waals surface area contributed by atoms with E-state index in [2.05, 4.69) is 6.58 Å². The van der Waals surface area contributed by atoms with Crippen LogP contribution in [0.25, 0.3) is 5.57 Å². The van der Waals surface area contributed by atoms with E-state index in [-0.39, 0.29) is 18.1 Å². The summed E-state index contributed by atoms with van der Waals surface area (Å²) in [7, 11) is 1.48. The minimum absolute atomic E-state index is 0.000902. The highest BCUT2D eigenvalue weighted by Gasteiger charge is 2.65. The highest BCUT2D eigenvalue weighted by atomic mass is 35.5. The number of carbonyl (C=O) groups is 1. The van der Waals surface area contributed by atoms with Crippen molar-refractivity contribution in [2.75, 3.05) is 7.05 Å². The predicted octanol–water partition coefficient (Wildman–Crippen LogP) is 1.68. The van der Waals surface area contributed by atoms with E-state index in [1.54, 1.807) is 12.1 Å². The zero-order valence-corrected chi connectivity index (χ0v) is 16.5. The monoisotopic (exact) mass is 416 g/mol. The Morgan fingerprint density at radius 3 is 2.69 bits per heavy atom. The third-order valence-corrected chi connectivity index (χ3v) is 6.86. The van der Waals surface area contributed by atoms with Gasteiger partial charge in [-0.1, -0.05) is 18.7 Å². The van der Waals surface area contributed by atoms with Gasteiger partial charge in [-0.25, -0.2) is 4.42 Å². The first kappa shape index (κ1) is 19.9. The van der Waals surface area contributed by atoms with Crippen LogP contribution >= 0.6 is 11.8 Å². The third kappa shape index (κ3) is 2.50. The van der Waals surface area contributed by atoms with Crippen LogP contribution in [-0.4, -0.2) is 55.4 Å². The van der Waals surface area contributed by atoms with Crippen molar-refractivity contribution < 1.29 is 25.2 Å². The summed E-state index contributed by atoms with van der Waals surface area (Å²) in [6.07, 6.45) is -0.704. The van der Waals surface area contributed by atoms with Crippen molar-refractivity contribution in [3.63, 3.8) is 0 Å². The van der Waals surface area contributed by atoms with Crippen molar-refractivity contribution in [1.29, 1.82) is 5.26 Å². The molecular weight excluding hydrogens is 396 g/mol. The number of benzene rings is 1. The molecule has 3 aliphatic rings. The van der Waals surface area contributed by atoms with E-state index in [9.17, 15) is 30.5 Å². The smallest absolute Gasteiger partial charge is 0.192 e. The second-order valence-electron chi connectivity index (χ2n) is 8.04. The van der Waals surface area contributed by atoms with Crippen LogP contribution in [0.2, 0.25) is 0 Å². The van der Waals surface area contributed by atoms with Crippen LogP contribution in [0.3, 0.4) is 0 Å². The van der Waals surface area contributed by atoms with Gasteiger partial charge in [-0.2, -0.15) is 5.26 Å². The summed E-state index contributed by atoms with van der Waals surface area (Å²) in [5.41, 5.74) is -0.421. The molecule has 0 saturated heterocycles. The topological polar surface area (TPSA) is 125 Å². The maximum atomic E-state index is 13.0. The first-order valence-electron chi connectivity index (χ1n) is 9.31. The van der Waals surface area contributed by atoms with E-state index in [1.807, 2.05) is 6.07 Å². The van der Waals surface area contributed by atoms with E-state index < -0.39 is 41.1 Å². The average Bonchev–Trinajstić information content (AvgIpc) is 2.65. The number of aromatic hydroxyl groups is 1. The van der Waals surface area contributed by atoms with Crippen molar-refractivity contribution in [1.82, 2.24) is 4.42 Å². The number of phenolic OH excluding ortho intramolecular Hbond substituents is 1. The molecule has 1 aromatic carbocycles. The third-order valence-electron chi connectivity index (χ3n) is 6.63. The van der Waals surface area contributed by atoms with Crippen LogP contribution in [0, 0.1) is 29.1 Å². The normalized spacial score (nSPS) is 36.3. The first-order valence-corrected chi connectivity index (χ1v) is 9.65. The average molecular weight is 417 g/mol. The highest BCUT2D eigenvalue weighted by molar-refractivity contribution is 6.13. The number of hydrogen-bond acceptors (Lipinski definition) is 7. The molecule has 1 fully saturated rings. The van der Waals surface area contributed by atoms with Crippen molar-refractivity contribution in [2.45, 2.75) is 30.6 Å². The summed E-state index contributed by atoms with van der Waals surface area (Å²) < 4.78 is 1.16. The van der Waals surface area contributed by atoms with Crippen LogP contribution in [0.5, 0.6) is 5.75 Å². The fourth-order valence-corrected chi connectivity index (χ4v) is 5.61. The number of carbonyl (C=O) groups excluding carboxylic acids is 1. The van der Waals surface area contributed by atoms with E-state index in [0.717, 1.165) is 9.98 Å². The molecule has 0 heterocycles. The van der Waals surface area contributed by atoms with Gasteiger partial charge in [-0.3, -0.25) is 4.79 Å². The molecule has 2 unspecified atom stereocenters. The molecule has 7 nitrogen and oxygen atoms in total. The van der Waals surface area contributed by atoms with E-state index >= 15 is 0 Å². The quantitative estimate of drug-likeness (QED) is 0.513. The molecule has 0 bridgehead atoms. The molecule has 0 aliphatic heterocycles. The number of allylic oxidation sites excluding steroid dienone is 2. The summed E-state index contributed by atoms with van der Waals surface area (Å²) >= 11 is 6.15. The number of aliphatic hydroxyl groups is 3. The van der Waals surface area contributed by atoms with Crippen LogP contribution < -0.4 is 0 Å². The van der Waals surface area contributed by atoms with Crippen molar-refractivity contribution in [3.8, 4) is 11.8 Å². The second-order valence-corrected chi connectivity index (χ2v) is 8.57. The fraction of sp³-hybridized carbons (Fsp3) is 0.429. The lowest BCUT2D eigenvalue weighted by molar-refractivity contribution is -0.169. The van der Waals surface area contributed by atoms with Gasteiger partial charge in [0, 0.05) is 24.1 Å². The number of nitriles is 1. The Hall–Kier alpha value is -2.37. The standard InChI is InChI=1S/C21H21ClN2O5/c1-9-15-10(4-3-5-14(15)25)6-11-7-13-17(24(2)22)18(26)12(8-23)19(27)21(13,29)20(28)16(9)11/h3-5,11-13,17-18,25-26,28-29H,1,6-7H2,2H3/t11-,12?,13-,17-,18?,21+/m0/s1. The zero-order chi connectivity index (χ0) is 21.2. The number of rotatable bonds is 1. The number of Topliss-reactive ketones (excluding diaryl/α,β-unsaturated/α-hetero) is 1. The molecule has 6 atom stereocenters. The zero-order valence-electron chi connectivity index (χ0n) is 15.7. The Labute approximate surface area is 172 Å². The Morgan fingerprint density at radius 1 is 1.38 bits per heavy atom. The fourth-order valence-electron chi connectivity index (χ4n) is 5.36. The largest absolute Gasteiger partial charge is 0.508 e. The molecule has 29 heavy (non-hydrogen) atoms. The van der Waals surface area contributed by atoms with Crippen LogP contribution in [0.15, 0.2) is 36.1 Å². The number of ketones is 1. The molecule has 1 aromatic rings. The number of hydrogen-bond donors (Lipinski definition) is 4. The predicted molar refractivity (Wildman–Crippen MR) is 105 cm³/mol. The van der Waals surface area contributed by atoms with Crippen LogP contribution in [0.4, 0.5) is 0 Å². The lowest BCUT2D eigenvalue weighted by atomic mass is 9.56. The summed E-state index contributed by atoms with van der Waals surface area (Å²) in [6.45, 7) is 4.00. The summed E-state index contributed by atoms with van der Waals surface area (Å²) in [5, 5.41) is 52.9. The number of nitrogens with zero attached hydrogens (tertiary/aromatic N) is 2. The Kier molecular flexibility index (Phi) is 4.52. The molecule has 152 valence electrons. The summed E-state index contributed by atoms with van der Waals surface area (Å²) in [4.78, 5) is 13.0. The molecule has 0 spiro atoms. The minimum Gasteiger partial charge on any atom is -0.508 e. The van der Waals surface area contributed by atoms with Crippen molar-refractivity contribution in [3.05, 3.63) is 47.2 Å². The van der Waals surface area contributed by atoms with E-state index in [1.165, 1.54) is 13.1 Å². The number of likely N-dealkylation sites (N-methyl/N-ethyl adjacent to an activating group) is 1. The molecule has 3 aliphatic carbocycles. The molecule has 8 heteroatoms. The van der Waals surface area contributed by atoms with Crippen molar-refractivity contribution >= 4 is 23.1 Å². The lowest BCUT2D eigenvalue weighted by Gasteiger charge is -2.53. The van der Waals surface area contributed by atoms with Crippen LogP contribution in [0.1, 0.15) is 17.5 Å². The molecule has 4 rings (SSSR count). The minimum atomic E-state index is -2.37. The Balaban J connectivity index is 1.93. The van der Waals surface area contributed by atoms with Gasteiger partial charge in [0.15, 0.2) is 11.4 Å². The van der Waals surface area contributed by atoms with Gasteiger partial charge in [0.1, 0.15) is 17.4 Å². The van der Waals surface area contributed by atoms with Gasteiger partial charge in [-0.15, -0.1) is 0 Å². The number of aliphatic hydroxyl groups excluding tert-OH is 2. The maximum absolute atomic E-state index is 13.0. The van der Waals surface area contributed by atoms with E-state index in [4.69, 9.17) is 11.8 Å². The van der Waals surface area contributed by atoms with Gasteiger partial charge < -0.3 is 20.4 Å². The molecule has 1 saturated carbocycles. The van der Waals surface area contributed by atoms with E-state index in [0.29, 0.717) is 23.1 Å². The van der Waals surface area contributed by atoms with Gasteiger partial charge in [-0.05, 0) is 47.7 Å². The van der Waals surface area contributed by atoms with Gasteiger partial charge >= 0.3 is 0 Å². The van der Waals surface area contributed by atoms with Crippen LogP contribution in [-0.2, 0) is 11.2 Å². The number of phenols is 1. The SMILES string of the molecule is C=C1C2=C(O)[C@]3(O)C(=O)C(C#N)C(O)[C@@H](N(C)Cl)[C@@H]3C[C@@H]2Cc2cccc(O)c21. The number of fused-ring (bicyclic) bond motifs is 3. The highest BCUT2D eigenvalue weighted by Crippen LogP contribution is 2.55. The lowest BCUT2D eigenvalue weighted by Crippen LogP contribution is -2.68. The second kappa shape index (κ2) is 6.57. The summed E-state index contributed by atoms with van der Waals surface area (Å²) in [5.74, 6) is -4.28. The number of halogens is 1. The molecule has 4 N–H and O–H groups in total. The molecule has 0 amide bonds. The Morgan fingerprint density at radius 2 is 2.07 bits per heavy atom. The molecule has 0 aromatic heterocycles. The van der Waals surface area contributed by atoms with Gasteiger partial charge in [0.05, 0.1) is 18.2 Å². The maximum Gasteiger partial charge on any atom is 0.192 e. The molecule has 0 radical (unpaired) electrons. The van der Waals surface area contributed by atoms with Crippen molar-refractivity contribution in [2.24, 2.45) is 17.8 Å². The summed E-state index contributed by atoms with van der Waals surface area (Å²) in [6, 6.07) is 5.89. The first-order chi connectivity index (χ1) is 13.6. The van der Waals surface area contributed by atoms with Gasteiger partial charge in [0.25, 0.3) is 0 Å².